The van der Waals surface area contributed by atoms with Crippen LogP contribution in [-0.2, 0) is 6.54 Å². The van der Waals surface area contributed by atoms with Crippen molar-refractivity contribution in [2.24, 2.45) is 0 Å². The molecule has 1 aromatic carbocycles. The Balaban J connectivity index is 1.84. The second-order valence-corrected chi connectivity index (χ2v) is 4.57. The van der Waals surface area contributed by atoms with Gasteiger partial charge in [-0.05, 0) is 24.6 Å². The molecule has 0 fully saturated rings. The van der Waals surface area contributed by atoms with Crippen molar-refractivity contribution in [1.82, 2.24) is 10.3 Å². The average molecular weight is 266 g/mol. The number of para-hydroxylation sites is 1. The molecule has 0 atom stereocenters. The molecule has 4 heteroatoms. The number of benzene rings is 1. The van der Waals surface area contributed by atoms with Crippen molar-refractivity contribution in [3.05, 3.63) is 65.7 Å². The van der Waals surface area contributed by atoms with Crippen molar-refractivity contribution in [2.45, 2.75) is 13.5 Å². The highest BCUT2D eigenvalue weighted by atomic mass is 16.3. The van der Waals surface area contributed by atoms with Gasteiger partial charge >= 0.3 is 0 Å². The first kappa shape index (κ1) is 12.4. The first-order valence-electron chi connectivity index (χ1n) is 6.41. The second kappa shape index (κ2) is 5.17. The monoisotopic (exact) mass is 266 g/mol. The number of aromatic nitrogens is 1. The molecule has 3 rings (SSSR count). The van der Waals surface area contributed by atoms with Crippen LogP contribution in [0.25, 0.3) is 11.0 Å². The van der Waals surface area contributed by atoms with Gasteiger partial charge in [0.2, 0.25) is 0 Å². The van der Waals surface area contributed by atoms with Crippen LogP contribution >= 0.6 is 0 Å². The number of amides is 1. The summed E-state index contributed by atoms with van der Waals surface area (Å²) in [6.07, 6.45) is 3.44. The smallest absolute Gasteiger partial charge is 0.255 e. The minimum absolute atomic E-state index is 0.128. The van der Waals surface area contributed by atoms with Crippen LogP contribution in [-0.4, -0.2) is 10.9 Å². The molecule has 20 heavy (non-hydrogen) atoms. The van der Waals surface area contributed by atoms with E-state index < -0.39 is 0 Å². The molecule has 0 saturated carbocycles. The number of nitrogens with zero attached hydrogens (tertiary/aromatic N) is 1. The maximum Gasteiger partial charge on any atom is 0.255 e. The molecule has 100 valence electrons. The third kappa shape index (κ3) is 2.28. The predicted octanol–water partition coefficient (Wildman–Crippen LogP) is 3.07. The van der Waals surface area contributed by atoms with Crippen LogP contribution in [0, 0.1) is 6.92 Å². The van der Waals surface area contributed by atoms with Crippen LogP contribution in [0.1, 0.15) is 21.7 Å². The Labute approximate surface area is 116 Å². The summed E-state index contributed by atoms with van der Waals surface area (Å²) >= 11 is 0. The average Bonchev–Trinajstić information content (AvgIpc) is 2.82. The Morgan fingerprint density at radius 2 is 2.10 bits per heavy atom. The first-order chi connectivity index (χ1) is 9.75. The third-order valence-corrected chi connectivity index (χ3v) is 3.17. The van der Waals surface area contributed by atoms with Crippen LogP contribution in [0.4, 0.5) is 0 Å². The van der Waals surface area contributed by atoms with Gasteiger partial charge in [0.05, 0.1) is 5.56 Å². The molecule has 0 bridgehead atoms. The molecule has 0 saturated heterocycles. The van der Waals surface area contributed by atoms with Gasteiger partial charge in [0, 0.05) is 24.3 Å². The summed E-state index contributed by atoms with van der Waals surface area (Å²) in [6.45, 7) is 2.25. The van der Waals surface area contributed by atoms with Crippen LogP contribution in [0.5, 0.6) is 0 Å². The fourth-order valence-electron chi connectivity index (χ4n) is 2.22. The molecule has 0 aliphatic heterocycles. The fourth-order valence-corrected chi connectivity index (χ4v) is 2.22. The highest BCUT2D eigenvalue weighted by molar-refractivity contribution is 6.07. The molecule has 0 radical (unpaired) electrons. The van der Waals surface area contributed by atoms with Crippen molar-refractivity contribution < 1.29 is 9.21 Å². The van der Waals surface area contributed by atoms with Crippen molar-refractivity contribution in [2.75, 3.05) is 0 Å². The molecular weight excluding hydrogens is 252 g/mol. The maximum absolute atomic E-state index is 12.3. The van der Waals surface area contributed by atoms with Gasteiger partial charge in [0.25, 0.3) is 5.91 Å². The van der Waals surface area contributed by atoms with Crippen LogP contribution in [0.3, 0.4) is 0 Å². The van der Waals surface area contributed by atoms with Gasteiger partial charge in [-0.3, -0.25) is 9.78 Å². The zero-order valence-corrected chi connectivity index (χ0v) is 11.1. The predicted molar refractivity (Wildman–Crippen MR) is 76.4 cm³/mol. The number of pyridine rings is 1. The van der Waals surface area contributed by atoms with Gasteiger partial charge in [-0.15, -0.1) is 0 Å². The number of aryl methyl sites for hydroxylation is 1. The number of nitrogens with one attached hydrogen (secondary N) is 1. The Hall–Kier alpha value is -2.62. The van der Waals surface area contributed by atoms with Crippen molar-refractivity contribution >= 4 is 16.9 Å². The summed E-state index contributed by atoms with van der Waals surface area (Å²) in [4.78, 5) is 16.3. The van der Waals surface area contributed by atoms with E-state index in [2.05, 4.69) is 10.3 Å². The number of carbonyl (C=O) groups excluding carboxylic acids is 1. The summed E-state index contributed by atoms with van der Waals surface area (Å²) in [5.74, 6) is 0.506. The van der Waals surface area contributed by atoms with Gasteiger partial charge in [0.15, 0.2) is 0 Å². The quantitative estimate of drug-likeness (QED) is 0.792. The van der Waals surface area contributed by atoms with E-state index >= 15 is 0 Å². The molecule has 4 nitrogen and oxygen atoms in total. The van der Waals surface area contributed by atoms with Crippen molar-refractivity contribution in [1.29, 1.82) is 0 Å². The van der Waals surface area contributed by atoms with E-state index in [1.54, 1.807) is 19.3 Å². The van der Waals surface area contributed by atoms with Gasteiger partial charge in [-0.2, -0.15) is 0 Å². The SMILES string of the molecule is Cc1oc2ccccc2c1C(=O)NCc1cccnc1. The van der Waals surface area contributed by atoms with Crippen LogP contribution in [0.15, 0.2) is 53.2 Å². The molecule has 0 spiro atoms. The minimum atomic E-state index is -0.128. The largest absolute Gasteiger partial charge is 0.461 e. The van der Waals surface area contributed by atoms with E-state index in [0.29, 0.717) is 17.9 Å². The topological polar surface area (TPSA) is 55.1 Å². The molecule has 2 heterocycles. The fraction of sp³-hybridized carbons (Fsp3) is 0.125. The third-order valence-electron chi connectivity index (χ3n) is 3.17. The Morgan fingerprint density at radius 3 is 2.90 bits per heavy atom. The Bertz CT molecular complexity index is 748. The van der Waals surface area contributed by atoms with E-state index in [-0.39, 0.29) is 5.91 Å². The number of fused-ring (bicyclic) bond motifs is 1. The zero-order chi connectivity index (χ0) is 13.9. The zero-order valence-electron chi connectivity index (χ0n) is 11.1. The molecule has 1 amide bonds. The minimum Gasteiger partial charge on any atom is -0.461 e. The van der Waals surface area contributed by atoms with Gasteiger partial charge in [-0.25, -0.2) is 0 Å². The summed E-state index contributed by atoms with van der Waals surface area (Å²) in [5.41, 5.74) is 2.30. The number of carbonyl (C=O) groups is 1. The summed E-state index contributed by atoms with van der Waals surface area (Å²) in [6, 6.07) is 11.3. The maximum atomic E-state index is 12.3. The molecule has 1 N–H and O–H groups in total. The molecular formula is C16H14N2O2. The van der Waals surface area contributed by atoms with Crippen molar-refractivity contribution in [3.63, 3.8) is 0 Å². The standard InChI is InChI=1S/C16H14N2O2/c1-11-15(13-6-2-3-7-14(13)20-11)16(19)18-10-12-5-4-8-17-9-12/h2-9H,10H2,1H3,(H,18,19). The van der Waals surface area contributed by atoms with Crippen LogP contribution in [0.2, 0.25) is 0 Å². The van der Waals surface area contributed by atoms with E-state index in [1.807, 2.05) is 36.4 Å². The highest BCUT2D eigenvalue weighted by Crippen LogP contribution is 2.25. The van der Waals surface area contributed by atoms with E-state index in [9.17, 15) is 4.79 Å². The summed E-state index contributed by atoms with van der Waals surface area (Å²) in [7, 11) is 0. The number of rotatable bonds is 3. The highest BCUT2D eigenvalue weighted by Gasteiger charge is 2.17. The lowest BCUT2D eigenvalue weighted by Gasteiger charge is -2.04. The van der Waals surface area contributed by atoms with E-state index in [4.69, 9.17) is 4.42 Å². The molecule has 0 unspecified atom stereocenters. The lowest BCUT2D eigenvalue weighted by Crippen LogP contribution is -2.23. The lowest BCUT2D eigenvalue weighted by molar-refractivity contribution is 0.0951. The van der Waals surface area contributed by atoms with Gasteiger partial charge in [-0.1, -0.05) is 24.3 Å². The summed E-state index contributed by atoms with van der Waals surface area (Å²) in [5, 5.41) is 3.74. The van der Waals surface area contributed by atoms with Crippen LogP contribution < -0.4 is 5.32 Å². The second-order valence-electron chi connectivity index (χ2n) is 4.57. The normalized spacial score (nSPS) is 10.7. The number of furan rings is 1. The van der Waals surface area contributed by atoms with E-state index in [1.165, 1.54) is 0 Å². The Kier molecular flexibility index (Phi) is 3.21. The van der Waals surface area contributed by atoms with Crippen molar-refractivity contribution in [3.8, 4) is 0 Å². The van der Waals surface area contributed by atoms with Gasteiger partial charge in [0.1, 0.15) is 11.3 Å². The molecule has 0 aliphatic rings. The first-order valence-corrected chi connectivity index (χ1v) is 6.41. The van der Waals surface area contributed by atoms with Gasteiger partial charge < -0.3 is 9.73 Å². The molecule has 2 aromatic heterocycles. The summed E-state index contributed by atoms with van der Waals surface area (Å²) < 4.78 is 5.60. The molecule has 0 aliphatic carbocycles. The van der Waals surface area contributed by atoms with E-state index in [0.717, 1.165) is 16.5 Å². The number of hydrogen-bond acceptors (Lipinski definition) is 3. The molecule has 3 aromatic rings. The lowest BCUT2D eigenvalue weighted by atomic mass is 10.1. The Morgan fingerprint density at radius 1 is 1.25 bits per heavy atom. The number of hydrogen-bond donors (Lipinski definition) is 1.